The average Bonchev–Trinajstić information content (AvgIpc) is 2.46. The maximum absolute atomic E-state index is 11.3. The monoisotopic (exact) mass is 186 g/mol. The fourth-order valence-corrected chi connectivity index (χ4v) is 2.03. The van der Waals surface area contributed by atoms with E-state index in [2.05, 4.69) is 0 Å². The molecular weight excluding hydrogens is 172 g/mol. The maximum Gasteiger partial charge on any atom is 0.172 e. The number of ketones is 1. The van der Waals surface area contributed by atoms with Crippen molar-refractivity contribution in [2.24, 2.45) is 0 Å². The van der Waals surface area contributed by atoms with E-state index in [1.54, 1.807) is 0 Å². The third kappa shape index (κ3) is 1.49. The molecule has 1 aliphatic carbocycles. The first-order valence-electron chi connectivity index (χ1n) is 4.58. The third-order valence-electron chi connectivity index (χ3n) is 2.76. The summed E-state index contributed by atoms with van der Waals surface area (Å²) in [4.78, 5) is 11.3. The second kappa shape index (κ2) is 2.77. The van der Waals surface area contributed by atoms with Gasteiger partial charge in [0, 0.05) is 19.3 Å². The molecule has 0 amide bonds. The lowest BCUT2D eigenvalue weighted by Crippen LogP contribution is -2.50. The molecular formula is C9H14O4. The van der Waals surface area contributed by atoms with Crippen molar-refractivity contribution in [1.29, 1.82) is 0 Å². The summed E-state index contributed by atoms with van der Waals surface area (Å²) in [7, 11) is 0. The van der Waals surface area contributed by atoms with Crippen molar-refractivity contribution in [1.82, 2.24) is 0 Å². The number of hydrogen-bond donors (Lipinski definition) is 1. The van der Waals surface area contributed by atoms with E-state index in [-0.39, 0.29) is 12.2 Å². The topological polar surface area (TPSA) is 55.8 Å². The van der Waals surface area contributed by atoms with Crippen molar-refractivity contribution in [2.45, 2.75) is 37.6 Å². The van der Waals surface area contributed by atoms with Crippen molar-refractivity contribution in [3.05, 3.63) is 0 Å². The van der Waals surface area contributed by atoms with Gasteiger partial charge < -0.3 is 14.6 Å². The van der Waals surface area contributed by atoms with Crippen LogP contribution >= 0.6 is 0 Å². The first-order valence-corrected chi connectivity index (χ1v) is 4.58. The lowest BCUT2D eigenvalue weighted by atomic mass is 9.81. The highest BCUT2D eigenvalue weighted by Gasteiger charge is 2.49. The Morgan fingerprint density at radius 2 is 2.00 bits per heavy atom. The van der Waals surface area contributed by atoms with E-state index in [0.717, 1.165) is 0 Å². The number of carbonyl (C=O) groups excluding carboxylic acids is 1. The molecule has 1 spiro atoms. The van der Waals surface area contributed by atoms with E-state index in [0.29, 0.717) is 26.1 Å². The first kappa shape index (κ1) is 9.12. The smallest absolute Gasteiger partial charge is 0.172 e. The summed E-state index contributed by atoms with van der Waals surface area (Å²) in [6, 6.07) is 0. The lowest BCUT2D eigenvalue weighted by Gasteiger charge is -2.38. The second-order valence-electron chi connectivity index (χ2n) is 3.98. The molecule has 0 aromatic heterocycles. The van der Waals surface area contributed by atoms with Crippen molar-refractivity contribution >= 4 is 5.78 Å². The van der Waals surface area contributed by atoms with Gasteiger partial charge in [-0.3, -0.25) is 4.79 Å². The third-order valence-corrected chi connectivity index (χ3v) is 2.76. The van der Waals surface area contributed by atoms with Gasteiger partial charge in [0.15, 0.2) is 11.6 Å². The summed E-state index contributed by atoms with van der Waals surface area (Å²) in [6.07, 6.45) is 1.17. The molecule has 0 radical (unpaired) electrons. The molecule has 1 N–H and O–H groups in total. The van der Waals surface area contributed by atoms with Crippen molar-refractivity contribution in [2.75, 3.05) is 13.2 Å². The quantitative estimate of drug-likeness (QED) is 0.588. The van der Waals surface area contributed by atoms with E-state index < -0.39 is 11.4 Å². The highest BCUT2D eigenvalue weighted by Crippen LogP contribution is 2.38. The Hall–Kier alpha value is -0.450. The lowest BCUT2D eigenvalue weighted by molar-refractivity contribution is -0.211. The minimum absolute atomic E-state index is 0.114. The minimum Gasteiger partial charge on any atom is -0.382 e. The van der Waals surface area contributed by atoms with Gasteiger partial charge in [-0.05, 0) is 6.92 Å². The molecule has 1 atom stereocenters. The second-order valence-corrected chi connectivity index (χ2v) is 3.98. The van der Waals surface area contributed by atoms with E-state index in [1.165, 1.54) is 6.92 Å². The van der Waals surface area contributed by atoms with E-state index in [4.69, 9.17) is 9.47 Å². The van der Waals surface area contributed by atoms with Gasteiger partial charge in [-0.25, -0.2) is 0 Å². The zero-order valence-electron chi connectivity index (χ0n) is 7.71. The summed E-state index contributed by atoms with van der Waals surface area (Å²) in [5.41, 5.74) is -1.28. The molecule has 13 heavy (non-hydrogen) atoms. The predicted molar refractivity (Wildman–Crippen MR) is 44.1 cm³/mol. The zero-order valence-corrected chi connectivity index (χ0v) is 7.71. The number of Topliss-reactive ketones (excluding diaryl/α,β-unsaturated/α-hetero) is 1. The molecule has 0 bridgehead atoms. The van der Waals surface area contributed by atoms with Crippen LogP contribution in [0.4, 0.5) is 0 Å². The number of hydrogen-bond acceptors (Lipinski definition) is 4. The maximum atomic E-state index is 11.3. The molecule has 0 aromatic rings. The van der Waals surface area contributed by atoms with Gasteiger partial charge in [0.05, 0.1) is 13.2 Å². The Morgan fingerprint density at radius 3 is 2.54 bits per heavy atom. The van der Waals surface area contributed by atoms with Gasteiger partial charge in [0.25, 0.3) is 0 Å². The van der Waals surface area contributed by atoms with Gasteiger partial charge in [0.1, 0.15) is 5.60 Å². The molecule has 1 aliphatic heterocycles. The van der Waals surface area contributed by atoms with Gasteiger partial charge in [-0.1, -0.05) is 0 Å². The van der Waals surface area contributed by atoms with Gasteiger partial charge in [0.2, 0.25) is 0 Å². The SMILES string of the molecule is CC1(O)CC2(CCC1=O)OCCO2. The van der Waals surface area contributed by atoms with E-state index in [9.17, 15) is 9.90 Å². The summed E-state index contributed by atoms with van der Waals surface area (Å²) in [5.74, 6) is -0.797. The van der Waals surface area contributed by atoms with Gasteiger partial charge in [-0.2, -0.15) is 0 Å². The van der Waals surface area contributed by atoms with Crippen LogP contribution in [0.5, 0.6) is 0 Å². The molecule has 2 rings (SSSR count). The Kier molecular flexibility index (Phi) is 1.94. The molecule has 0 aromatic carbocycles. The summed E-state index contributed by atoms with van der Waals surface area (Å²) in [6.45, 7) is 2.65. The van der Waals surface area contributed by atoms with Crippen LogP contribution in [0.3, 0.4) is 0 Å². The largest absolute Gasteiger partial charge is 0.382 e. The highest BCUT2D eigenvalue weighted by molar-refractivity contribution is 5.87. The Labute approximate surface area is 76.8 Å². The van der Waals surface area contributed by atoms with Crippen LogP contribution in [-0.2, 0) is 14.3 Å². The molecule has 4 nitrogen and oxygen atoms in total. The van der Waals surface area contributed by atoms with Crippen molar-refractivity contribution in [3.8, 4) is 0 Å². The van der Waals surface area contributed by atoms with Crippen LogP contribution in [0.2, 0.25) is 0 Å². The standard InChI is InChI=1S/C9H14O4/c1-8(11)6-9(3-2-7(8)10)12-4-5-13-9/h11H,2-6H2,1H3. The number of carbonyl (C=O) groups is 1. The fraction of sp³-hybridized carbons (Fsp3) is 0.889. The van der Waals surface area contributed by atoms with Gasteiger partial charge in [-0.15, -0.1) is 0 Å². The van der Waals surface area contributed by atoms with Crippen LogP contribution in [0.1, 0.15) is 26.2 Å². The summed E-state index contributed by atoms with van der Waals surface area (Å²) in [5, 5.41) is 9.76. The van der Waals surface area contributed by atoms with Crippen LogP contribution in [0.25, 0.3) is 0 Å². The molecule has 1 unspecified atom stereocenters. The van der Waals surface area contributed by atoms with E-state index in [1.807, 2.05) is 0 Å². The average molecular weight is 186 g/mol. The fourth-order valence-electron chi connectivity index (χ4n) is 2.03. The number of ether oxygens (including phenoxy) is 2. The van der Waals surface area contributed by atoms with Crippen LogP contribution in [0, 0.1) is 0 Å². The molecule has 1 heterocycles. The van der Waals surface area contributed by atoms with E-state index >= 15 is 0 Å². The summed E-state index contributed by atoms with van der Waals surface area (Å²) < 4.78 is 10.9. The first-order chi connectivity index (χ1) is 6.04. The molecule has 4 heteroatoms. The molecule has 74 valence electrons. The van der Waals surface area contributed by atoms with Crippen molar-refractivity contribution in [3.63, 3.8) is 0 Å². The Bertz CT molecular complexity index is 228. The number of aliphatic hydroxyl groups is 1. The van der Waals surface area contributed by atoms with Crippen LogP contribution in [0.15, 0.2) is 0 Å². The molecule has 2 aliphatic rings. The Morgan fingerprint density at radius 1 is 1.38 bits per heavy atom. The van der Waals surface area contributed by atoms with Crippen LogP contribution in [-0.4, -0.2) is 35.5 Å². The molecule has 2 fully saturated rings. The molecule has 1 saturated heterocycles. The Balaban J connectivity index is 2.14. The van der Waals surface area contributed by atoms with Crippen molar-refractivity contribution < 1.29 is 19.4 Å². The van der Waals surface area contributed by atoms with Gasteiger partial charge >= 0.3 is 0 Å². The molecule has 1 saturated carbocycles. The van der Waals surface area contributed by atoms with Crippen LogP contribution < -0.4 is 0 Å². The summed E-state index contributed by atoms with van der Waals surface area (Å²) >= 11 is 0. The normalized spacial score (nSPS) is 38.5. The minimum atomic E-state index is -1.28. The predicted octanol–water partition coefficient (Wildman–Crippen LogP) is 0.233. The number of rotatable bonds is 0. The highest BCUT2D eigenvalue weighted by atomic mass is 16.7. The zero-order chi connectivity index (χ0) is 9.53.